The third-order valence-electron chi connectivity index (χ3n) is 6.71. The summed E-state index contributed by atoms with van der Waals surface area (Å²) in [5, 5.41) is 10.4. The van der Waals surface area contributed by atoms with E-state index in [1.807, 2.05) is 18.4 Å². The standard InChI is InChI=1S/C20H25NO2/c1-19(2)16-5-4-6-17(22)15(16)11-18-20(19,3)8-9-21(18)12-14-7-10-23-13-14/h4-7,10,13,18,22H,8-9,11-12H2,1-3H3. The van der Waals surface area contributed by atoms with E-state index in [1.54, 1.807) is 6.26 Å². The van der Waals surface area contributed by atoms with Crippen molar-refractivity contribution in [1.82, 2.24) is 4.90 Å². The molecule has 3 heteroatoms. The first-order valence-corrected chi connectivity index (χ1v) is 8.50. The van der Waals surface area contributed by atoms with Crippen molar-refractivity contribution in [3.8, 4) is 5.75 Å². The summed E-state index contributed by atoms with van der Waals surface area (Å²) in [7, 11) is 0. The Morgan fingerprint density at radius 3 is 2.83 bits per heavy atom. The normalized spacial score (nSPS) is 29.3. The maximum atomic E-state index is 10.4. The van der Waals surface area contributed by atoms with Gasteiger partial charge in [-0.05, 0) is 53.5 Å². The fourth-order valence-corrected chi connectivity index (χ4v) is 4.87. The Morgan fingerprint density at radius 2 is 2.09 bits per heavy atom. The molecule has 122 valence electrons. The number of phenols is 1. The number of furan rings is 1. The summed E-state index contributed by atoms with van der Waals surface area (Å²) in [6.45, 7) is 9.15. The minimum absolute atomic E-state index is 0.0507. The largest absolute Gasteiger partial charge is 0.508 e. The first kappa shape index (κ1) is 14.8. The molecule has 4 rings (SSSR count). The van der Waals surface area contributed by atoms with E-state index in [-0.39, 0.29) is 10.8 Å². The monoisotopic (exact) mass is 311 g/mol. The van der Waals surface area contributed by atoms with Gasteiger partial charge in [0, 0.05) is 18.2 Å². The molecule has 2 heterocycles. The summed E-state index contributed by atoms with van der Waals surface area (Å²) < 4.78 is 5.24. The zero-order chi connectivity index (χ0) is 16.2. The predicted molar refractivity (Wildman–Crippen MR) is 90.5 cm³/mol. The highest BCUT2D eigenvalue weighted by molar-refractivity contribution is 5.48. The molecule has 1 aromatic heterocycles. The van der Waals surface area contributed by atoms with Crippen molar-refractivity contribution in [2.75, 3.05) is 6.54 Å². The van der Waals surface area contributed by atoms with Gasteiger partial charge in [-0.15, -0.1) is 0 Å². The molecule has 1 aliphatic carbocycles. The van der Waals surface area contributed by atoms with Gasteiger partial charge in [0.25, 0.3) is 0 Å². The molecular weight excluding hydrogens is 286 g/mol. The highest BCUT2D eigenvalue weighted by atomic mass is 16.3. The molecule has 1 aromatic carbocycles. The molecule has 23 heavy (non-hydrogen) atoms. The van der Waals surface area contributed by atoms with Crippen LogP contribution in [0, 0.1) is 5.41 Å². The number of aromatic hydroxyl groups is 1. The van der Waals surface area contributed by atoms with Crippen LogP contribution in [0.3, 0.4) is 0 Å². The molecule has 2 aromatic rings. The van der Waals surface area contributed by atoms with Gasteiger partial charge in [0.2, 0.25) is 0 Å². The van der Waals surface area contributed by atoms with E-state index in [0.29, 0.717) is 11.8 Å². The second-order valence-electron chi connectivity index (χ2n) is 7.92. The molecule has 1 aliphatic heterocycles. The van der Waals surface area contributed by atoms with E-state index in [2.05, 4.69) is 37.8 Å². The number of benzene rings is 1. The van der Waals surface area contributed by atoms with Crippen LogP contribution in [0.15, 0.2) is 41.2 Å². The molecule has 0 saturated carbocycles. The van der Waals surface area contributed by atoms with Crippen LogP contribution in [0.5, 0.6) is 5.75 Å². The van der Waals surface area contributed by atoms with Crippen molar-refractivity contribution < 1.29 is 9.52 Å². The van der Waals surface area contributed by atoms with Crippen LogP contribution in [-0.2, 0) is 18.4 Å². The van der Waals surface area contributed by atoms with Crippen molar-refractivity contribution in [3.05, 3.63) is 53.5 Å². The summed E-state index contributed by atoms with van der Waals surface area (Å²) >= 11 is 0. The van der Waals surface area contributed by atoms with Crippen molar-refractivity contribution in [3.63, 3.8) is 0 Å². The van der Waals surface area contributed by atoms with E-state index in [4.69, 9.17) is 4.42 Å². The molecule has 0 bridgehead atoms. The Labute approximate surface area is 137 Å². The number of fused-ring (bicyclic) bond motifs is 2. The van der Waals surface area contributed by atoms with Crippen LogP contribution in [0.2, 0.25) is 0 Å². The average Bonchev–Trinajstić information content (AvgIpc) is 3.12. The molecule has 1 saturated heterocycles. The topological polar surface area (TPSA) is 36.6 Å². The van der Waals surface area contributed by atoms with Crippen molar-refractivity contribution in [1.29, 1.82) is 0 Å². The average molecular weight is 311 g/mol. The quantitative estimate of drug-likeness (QED) is 0.907. The molecule has 2 unspecified atom stereocenters. The second-order valence-corrected chi connectivity index (χ2v) is 7.92. The Hall–Kier alpha value is -1.74. The van der Waals surface area contributed by atoms with Gasteiger partial charge in [-0.25, -0.2) is 0 Å². The lowest BCUT2D eigenvalue weighted by Gasteiger charge is -2.52. The molecule has 1 N–H and O–H groups in total. The lowest BCUT2D eigenvalue weighted by atomic mass is 9.54. The Morgan fingerprint density at radius 1 is 1.26 bits per heavy atom. The summed E-state index contributed by atoms with van der Waals surface area (Å²) in [6, 6.07) is 8.52. The Kier molecular flexibility index (Phi) is 3.14. The number of nitrogens with zero attached hydrogens (tertiary/aromatic N) is 1. The minimum Gasteiger partial charge on any atom is -0.508 e. The number of phenolic OH excluding ortho intramolecular Hbond substituents is 1. The fourth-order valence-electron chi connectivity index (χ4n) is 4.87. The molecular formula is C20H25NO2. The Bertz CT molecular complexity index is 719. The van der Waals surface area contributed by atoms with Crippen molar-refractivity contribution in [2.24, 2.45) is 5.41 Å². The van der Waals surface area contributed by atoms with Gasteiger partial charge in [0.15, 0.2) is 0 Å². The van der Waals surface area contributed by atoms with Gasteiger partial charge in [-0.1, -0.05) is 32.9 Å². The number of hydrogen-bond acceptors (Lipinski definition) is 3. The van der Waals surface area contributed by atoms with Gasteiger partial charge in [0.1, 0.15) is 5.75 Å². The van der Waals surface area contributed by atoms with E-state index < -0.39 is 0 Å². The van der Waals surface area contributed by atoms with Gasteiger partial charge in [0.05, 0.1) is 12.5 Å². The second kappa shape index (κ2) is 4.88. The predicted octanol–water partition coefficient (Wildman–Crippen LogP) is 4.10. The zero-order valence-corrected chi connectivity index (χ0v) is 14.2. The van der Waals surface area contributed by atoms with E-state index >= 15 is 0 Å². The maximum absolute atomic E-state index is 10.4. The lowest BCUT2D eigenvalue weighted by Crippen LogP contribution is -2.53. The molecule has 0 radical (unpaired) electrons. The van der Waals surface area contributed by atoms with Crippen LogP contribution in [0.25, 0.3) is 0 Å². The van der Waals surface area contributed by atoms with E-state index in [9.17, 15) is 5.11 Å². The third kappa shape index (κ3) is 1.99. The molecule has 3 nitrogen and oxygen atoms in total. The number of likely N-dealkylation sites (tertiary alicyclic amines) is 1. The summed E-state index contributed by atoms with van der Waals surface area (Å²) in [6.07, 6.45) is 5.71. The summed E-state index contributed by atoms with van der Waals surface area (Å²) in [4.78, 5) is 2.57. The summed E-state index contributed by atoms with van der Waals surface area (Å²) in [5.41, 5.74) is 3.96. The van der Waals surface area contributed by atoms with Crippen LogP contribution in [0.1, 0.15) is 43.9 Å². The molecule has 0 amide bonds. The van der Waals surface area contributed by atoms with Crippen molar-refractivity contribution in [2.45, 2.75) is 51.6 Å². The highest BCUT2D eigenvalue weighted by Gasteiger charge is 2.56. The maximum Gasteiger partial charge on any atom is 0.119 e. The lowest BCUT2D eigenvalue weighted by molar-refractivity contribution is 0.0758. The van der Waals surface area contributed by atoms with Crippen LogP contribution in [-0.4, -0.2) is 22.6 Å². The van der Waals surface area contributed by atoms with Gasteiger partial charge in [-0.2, -0.15) is 0 Å². The summed E-state index contributed by atoms with van der Waals surface area (Å²) in [5.74, 6) is 0.452. The van der Waals surface area contributed by atoms with Gasteiger partial charge >= 0.3 is 0 Å². The fraction of sp³-hybridized carbons (Fsp3) is 0.500. The molecule has 2 atom stereocenters. The third-order valence-corrected chi connectivity index (χ3v) is 6.71. The SMILES string of the molecule is CC1(C)c2cccc(O)c2CC2N(Cc3ccoc3)CCC21C. The van der Waals surface area contributed by atoms with E-state index in [1.165, 1.54) is 17.5 Å². The molecule has 1 fully saturated rings. The Balaban J connectivity index is 1.75. The highest BCUT2D eigenvalue weighted by Crippen LogP contribution is 2.57. The number of hydrogen-bond donors (Lipinski definition) is 1. The van der Waals surface area contributed by atoms with E-state index in [0.717, 1.165) is 25.1 Å². The molecule has 0 spiro atoms. The van der Waals surface area contributed by atoms with Crippen LogP contribution < -0.4 is 0 Å². The smallest absolute Gasteiger partial charge is 0.119 e. The zero-order valence-electron chi connectivity index (χ0n) is 14.2. The van der Waals surface area contributed by atoms with Gasteiger partial charge in [-0.3, -0.25) is 4.90 Å². The molecule has 2 aliphatic rings. The minimum atomic E-state index is 0.0507. The number of rotatable bonds is 2. The van der Waals surface area contributed by atoms with Crippen molar-refractivity contribution >= 4 is 0 Å². The first-order chi connectivity index (χ1) is 10.9. The van der Waals surface area contributed by atoms with Crippen LogP contribution >= 0.6 is 0 Å². The first-order valence-electron chi connectivity index (χ1n) is 8.50. The van der Waals surface area contributed by atoms with Crippen LogP contribution in [0.4, 0.5) is 0 Å². The van der Waals surface area contributed by atoms with Gasteiger partial charge < -0.3 is 9.52 Å².